The number of carbonyl (C=O) groups is 1. The average molecular weight is 284 g/mol. The first-order valence-electron chi connectivity index (χ1n) is 6.42. The molecule has 1 unspecified atom stereocenters. The normalized spacial score (nSPS) is 18.2. The van der Waals surface area contributed by atoms with Crippen LogP contribution >= 0.6 is 11.6 Å². The van der Waals surface area contributed by atoms with Gasteiger partial charge in [-0.05, 0) is 37.8 Å². The summed E-state index contributed by atoms with van der Waals surface area (Å²) in [5.41, 5.74) is 0.641. The van der Waals surface area contributed by atoms with Crippen LogP contribution in [0.5, 0.6) is 0 Å². The molecule has 0 spiro atoms. The van der Waals surface area contributed by atoms with Gasteiger partial charge in [0.05, 0.1) is 6.10 Å². The lowest BCUT2D eigenvalue weighted by molar-refractivity contribution is 0.0820. The average Bonchev–Trinajstić information content (AvgIpc) is 2.39. The van der Waals surface area contributed by atoms with Crippen LogP contribution in [0.1, 0.15) is 19.8 Å². The summed E-state index contributed by atoms with van der Waals surface area (Å²) in [6, 6.07) is 3.18. The molecule has 19 heavy (non-hydrogen) atoms. The molecule has 2 rings (SSSR count). The number of rotatable bonds is 2. The summed E-state index contributed by atoms with van der Waals surface area (Å²) in [7, 11) is 0. The standard InChI is InChI=1S/C13H18ClN3O2/c1-9(18)10-3-6-17(7-4-10)13(19)16-11-2-5-15-12(14)8-11/h2,5,8-10,18H,3-4,6-7H2,1H3,(H,15,16,19). The van der Waals surface area contributed by atoms with Crippen molar-refractivity contribution >= 4 is 23.3 Å². The zero-order valence-electron chi connectivity index (χ0n) is 10.8. The number of halogens is 1. The third-order valence-corrected chi connectivity index (χ3v) is 3.69. The van der Waals surface area contributed by atoms with Gasteiger partial charge in [0.15, 0.2) is 0 Å². The van der Waals surface area contributed by atoms with E-state index in [0.29, 0.717) is 29.8 Å². The molecule has 1 aliphatic rings. The molecule has 0 aromatic carbocycles. The van der Waals surface area contributed by atoms with Crippen LogP contribution in [-0.2, 0) is 0 Å². The van der Waals surface area contributed by atoms with E-state index in [9.17, 15) is 9.90 Å². The smallest absolute Gasteiger partial charge is 0.321 e. The number of nitrogens with one attached hydrogen (secondary N) is 1. The maximum absolute atomic E-state index is 12.0. The van der Waals surface area contributed by atoms with Crippen LogP contribution in [0.2, 0.25) is 5.15 Å². The van der Waals surface area contributed by atoms with Crippen molar-refractivity contribution in [2.24, 2.45) is 5.92 Å². The van der Waals surface area contributed by atoms with Crippen molar-refractivity contribution < 1.29 is 9.90 Å². The van der Waals surface area contributed by atoms with E-state index in [2.05, 4.69) is 10.3 Å². The Morgan fingerprint density at radius 1 is 1.58 bits per heavy atom. The van der Waals surface area contributed by atoms with E-state index in [0.717, 1.165) is 12.8 Å². The predicted molar refractivity (Wildman–Crippen MR) is 74.2 cm³/mol. The van der Waals surface area contributed by atoms with Crippen LogP contribution in [0, 0.1) is 5.92 Å². The second-order valence-electron chi connectivity index (χ2n) is 4.86. The number of nitrogens with zero attached hydrogens (tertiary/aromatic N) is 2. The van der Waals surface area contributed by atoms with E-state index in [-0.39, 0.29) is 12.1 Å². The molecule has 2 heterocycles. The summed E-state index contributed by atoms with van der Waals surface area (Å²) in [4.78, 5) is 17.7. The Labute approximate surface area is 117 Å². The van der Waals surface area contributed by atoms with Crippen LogP contribution in [0.4, 0.5) is 10.5 Å². The van der Waals surface area contributed by atoms with Crippen molar-refractivity contribution in [3.8, 4) is 0 Å². The Hall–Kier alpha value is -1.33. The Morgan fingerprint density at radius 3 is 2.84 bits per heavy atom. The minimum absolute atomic E-state index is 0.133. The van der Waals surface area contributed by atoms with Crippen molar-refractivity contribution in [2.75, 3.05) is 18.4 Å². The third-order valence-electron chi connectivity index (χ3n) is 3.49. The number of hydrogen-bond acceptors (Lipinski definition) is 3. The fraction of sp³-hybridized carbons (Fsp3) is 0.538. The maximum Gasteiger partial charge on any atom is 0.321 e. The monoisotopic (exact) mass is 283 g/mol. The minimum atomic E-state index is -0.302. The summed E-state index contributed by atoms with van der Waals surface area (Å²) < 4.78 is 0. The Balaban J connectivity index is 1.88. The van der Waals surface area contributed by atoms with Crippen LogP contribution in [0.15, 0.2) is 18.3 Å². The van der Waals surface area contributed by atoms with Gasteiger partial charge in [-0.2, -0.15) is 0 Å². The van der Waals surface area contributed by atoms with Gasteiger partial charge in [0.1, 0.15) is 5.15 Å². The van der Waals surface area contributed by atoms with Crippen LogP contribution in [0.25, 0.3) is 0 Å². The Bertz CT molecular complexity index is 445. The molecule has 6 heteroatoms. The number of amides is 2. The van der Waals surface area contributed by atoms with Gasteiger partial charge in [-0.3, -0.25) is 0 Å². The van der Waals surface area contributed by atoms with E-state index < -0.39 is 0 Å². The first-order valence-corrected chi connectivity index (χ1v) is 6.79. The number of anilines is 1. The second-order valence-corrected chi connectivity index (χ2v) is 5.25. The van der Waals surface area contributed by atoms with Gasteiger partial charge >= 0.3 is 6.03 Å². The lowest BCUT2D eigenvalue weighted by Gasteiger charge is -2.33. The number of aliphatic hydroxyl groups is 1. The highest BCUT2D eigenvalue weighted by molar-refractivity contribution is 6.29. The van der Waals surface area contributed by atoms with E-state index >= 15 is 0 Å². The van der Waals surface area contributed by atoms with Crippen LogP contribution < -0.4 is 5.32 Å². The summed E-state index contributed by atoms with van der Waals surface area (Å²) >= 11 is 5.76. The minimum Gasteiger partial charge on any atom is -0.393 e. The number of carbonyl (C=O) groups excluding carboxylic acids is 1. The maximum atomic E-state index is 12.0. The van der Waals surface area contributed by atoms with Crippen molar-refractivity contribution in [1.82, 2.24) is 9.88 Å². The van der Waals surface area contributed by atoms with E-state index in [4.69, 9.17) is 11.6 Å². The number of hydrogen-bond donors (Lipinski definition) is 2. The van der Waals surface area contributed by atoms with Crippen LogP contribution in [-0.4, -0.2) is 40.2 Å². The fourth-order valence-electron chi connectivity index (χ4n) is 2.27. The molecule has 1 atom stereocenters. The molecule has 0 saturated carbocycles. The number of likely N-dealkylation sites (tertiary alicyclic amines) is 1. The largest absolute Gasteiger partial charge is 0.393 e. The molecule has 2 N–H and O–H groups in total. The fourth-order valence-corrected chi connectivity index (χ4v) is 2.44. The number of aliphatic hydroxyl groups excluding tert-OH is 1. The van der Waals surface area contributed by atoms with Gasteiger partial charge in [0.2, 0.25) is 0 Å². The Morgan fingerprint density at radius 2 is 2.26 bits per heavy atom. The predicted octanol–water partition coefficient (Wildman–Crippen LogP) is 2.36. The highest BCUT2D eigenvalue weighted by Gasteiger charge is 2.25. The zero-order valence-corrected chi connectivity index (χ0v) is 11.6. The zero-order chi connectivity index (χ0) is 13.8. The number of aromatic nitrogens is 1. The molecule has 1 aromatic rings. The van der Waals surface area contributed by atoms with E-state index in [1.807, 2.05) is 0 Å². The molecule has 104 valence electrons. The van der Waals surface area contributed by atoms with Crippen LogP contribution in [0.3, 0.4) is 0 Å². The van der Waals surface area contributed by atoms with Gasteiger partial charge in [-0.1, -0.05) is 11.6 Å². The van der Waals surface area contributed by atoms with E-state index in [1.54, 1.807) is 30.2 Å². The summed E-state index contributed by atoms with van der Waals surface area (Å²) in [5.74, 6) is 0.291. The molecule has 1 aliphatic heterocycles. The second kappa shape index (κ2) is 6.21. The van der Waals surface area contributed by atoms with Crippen molar-refractivity contribution in [3.63, 3.8) is 0 Å². The molecule has 5 nitrogen and oxygen atoms in total. The van der Waals surface area contributed by atoms with Gasteiger partial charge in [-0.15, -0.1) is 0 Å². The summed E-state index contributed by atoms with van der Waals surface area (Å²) in [5, 5.41) is 12.7. The molecular weight excluding hydrogens is 266 g/mol. The Kier molecular flexibility index (Phi) is 4.61. The quantitative estimate of drug-likeness (QED) is 0.819. The molecule has 2 amide bonds. The molecular formula is C13H18ClN3O2. The number of urea groups is 1. The topological polar surface area (TPSA) is 65.5 Å². The highest BCUT2D eigenvalue weighted by Crippen LogP contribution is 2.21. The van der Waals surface area contributed by atoms with Gasteiger partial charge in [0, 0.05) is 25.0 Å². The lowest BCUT2D eigenvalue weighted by atomic mass is 9.92. The van der Waals surface area contributed by atoms with Crippen molar-refractivity contribution in [3.05, 3.63) is 23.5 Å². The summed E-state index contributed by atoms with van der Waals surface area (Å²) in [6.45, 7) is 3.14. The van der Waals surface area contributed by atoms with Gasteiger partial charge in [-0.25, -0.2) is 9.78 Å². The van der Waals surface area contributed by atoms with Gasteiger partial charge < -0.3 is 15.3 Å². The lowest BCUT2D eigenvalue weighted by Crippen LogP contribution is -2.42. The molecule has 0 radical (unpaired) electrons. The van der Waals surface area contributed by atoms with Crippen molar-refractivity contribution in [2.45, 2.75) is 25.9 Å². The molecule has 1 saturated heterocycles. The molecule has 1 fully saturated rings. The third kappa shape index (κ3) is 3.81. The molecule has 0 aliphatic carbocycles. The first kappa shape index (κ1) is 14.1. The van der Waals surface area contributed by atoms with E-state index in [1.165, 1.54) is 0 Å². The molecule has 0 bridgehead atoms. The summed E-state index contributed by atoms with van der Waals surface area (Å²) in [6.07, 6.45) is 2.92. The number of pyridine rings is 1. The van der Waals surface area contributed by atoms with Gasteiger partial charge in [0.25, 0.3) is 0 Å². The number of piperidine rings is 1. The SMILES string of the molecule is CC(O)C1CCN(C(=O)Nc2ccnc(Cl)c2)CC1. The highest BCUT2D eigenvalue weighted by atomic mass is 35.5. The first-order chi connectivity index (χ1) is 9.06. The van der Waals surface area contributed by atoms with Crippen molar-refractivity contribution in [1.29, 1.82) is 0 Å². The molecule has 1 aromatic heterocycles.